The summed E-state index contributed by atoms with van der Waals surface area (Å²) in [4.78, 5) is 0. The van der Waals surface area contributed by atoms with Gasteiger partial charge in [-0.3, -0.25) is 0 Å². The monoisotopic (exact) mass is 207 g/mol. The Bertz CT molecular complexity index is 269. The minimum absolute atomic E-state index is 0.434. The van der Waals surface area contributed by atoms with E-state index in [1.807, 2.05) is 11.8 Å². The highest BCUT2D eigenvalue weighted by molar-refractivity contribution is 7.98. The zero-order valence-electron chi connectivity index (χ0n) is 8.36. The molecule has 1 saturated carbocycles. The molecule has 0 bridgehead atoms. The molecule has 2 heteroatoms. The molecule has 0 radical (unpaired) electrons. The van der Waals surface area contributed by atoms with Gasteiger partial charge in [-0.25, -0.2) is 0 Å². The molecule has 1 nitrogen and oxygen atoms in total. The van der Waals surface area contributed by atoms with Gasteiger partial charge in [-0.2, -0.15) is 11.8 Å². The molecule has 0 aromatic heterocycles. The molecule has 2 rings (SSSR count). The van der Waals surface area contributed by atoms with Crippen LogP contribution in [0.2, 0.25) is 0 Å². The molecule has 1 atom stereocenters. The van der Waals surface area contributed by atoms with E-state index in [2.05, 4.69) is 30.3 Å². The summed E-state index contributed by atoms with van der Waals surface area (Å²) in [6.45, 7) is 0. The average molecular weight is 207 g/mol. The second kappa shape index (κ2) is 4.85. The van der Waals surface area contributed by atoms with Crippen LogP contribution in [-0.2, 0) is 5.75 Å². The van der Waals surface area contributed by atoms with Crippen LogP contribution in [0.25, 0.3) is 0 Å². The van der Waals surface area contributed by atoms with E-state index in [1.54, 1.807) is 0 Å². The van der Waals surface area contributed by atoms with Gasteiger partial charge in [-0.15, -0.1) is 0 Å². The third-order valence-corrected chi connectivity index (χ3v) is 3.81. The van der Waals surface area contributed by atoms with Gasteiger partial charge in [0.2, 0.25) is 0 Å². The second-order valence-corrected chi connectivity index (χ2v) is 5.03. The summed E-state index contributed by atoms with van der Waals surface area (Å²) in [7, 11) is 0. The lowest BCUT2D eigenvalue weighted by molar-refractivity contribution is 0.659. The predicted molar refractivity (Wildman–Crippen MR) is 63.3 cm³/mol. The summed E-state index contributed by atoms with van der Waals surface area (Å²) in [5.74, 6) is 3.04. The largest absolute Gasteiger partial charge is 0.327 e. The zero-order valence-corrected chi connectivity index (χ0v) is 9.17. The summed E-state index contributed by atoms with van der Waals surface area (Å²) >= 11 is 1.96. The van der Waals surface area contributed by atoms with E-state index in [-0.39, 0.29) is 0 Å². The molecule has 0 saturated heterocycles. The van der Waals surface area contributed by atoms with Crippen molar-refractivity contribution in [3.8, 4) is 0 Å². The molecule has 0 spiro atoms. The van der Waals surface area contributed by atoms with Gasteiger partial charge in [0.25, 0.3) is 0 Å². The van der Waals surface area contributed by atoms with Crippen LogP contribution in [0.4, 0.5) is 0 Å². The number of nitrogens with two attached hydrogens (primary N) is 1. The lowest BCUT2D eigenvalue weighted by Crippen LogP contribution is -2.25. The number of hydrogen-bond acceptors (Lipinski definition) is 2. The van der Waals surface area contributed by atoms with E-state index in [1.165, 1.54) is 18.4 Å². The molecule has 2 N–H and O–H groups in total. The fraction of sp³-hybridized carbons (Fsp3) is 0.500. The average Bonchev–Trinajstić information content (AvgIpc) is 3.02. The third-order valence-electron chi connectivity index (χ3n) is 2.65. The van der Waals surface area contributed by atoms with Crippen LogP contribution in [0.3, 0.4) is 0 Å². The Morgan fingerprint density at radius 2 is 2.00 bits per heavy atom. The van der Waals surface area contributed by atoms with Crippen LogP contribution < -0.4 is 5.73 Å². The number of benzene rings is 1. The minimum atomic E-state index is 0.434. The van der Waals surface area contributed by atoms with Gasteiger partial charge in [0.05, 0.1) is 0 Å². The molecule has 0 aliphatic heterocycles. The Kier molecular flexibility index (Phi) is 3.49. The first-order chi connectivity index (χ1) is 6.86. The summed E-state index contributed by atoms with van der Waals surface area (Å²) in [5.41, 5.74) is 7.43. The standard InChI is InChI=1S/C12H17NS/c13-12(11-6-7-11)9-14-8-10-4-2-1-3-5-10/h1-5,11-12H,6-9,13H2. The molecule has 1 unspecified atom stereocenters. The maximum Gasteiger partial charge on any atom is 0.0185 e. The van der Waals surface area contributed by atoms with E-state index in [9.17, 15) is 0 Å². The van der Waals surface area contributed by atoms with E-state index in [0.717, 1.165) is 17.4 Å². The fourth-order valence-corrected chi connectivity index (χ4v) is 2.64. The van der Waals surface area contributed by atoms with Gasteiger partial charge in [-0.1, -0.05) is 30.3 Å². The lowest BCUT2D eigenvalue weighted by Gasteiger charge is -2.09. The highest BCUT2D eigenvalue weighted by atomic mass is 32.2. The molecule has 1 aliphatic rings. The quantitative estimate of drug-likeness (QED) is 0.803. The van der Waals surface area contributed by atoms with E-state index in [0.29, 0.717) is 6.04 Å². The van der Waals surface area contributed by atoms with Crippen molar-refractivity contribution in [2.75, 3.05) is 5.75 Å². The first kappa shape index (κ1) is 10.1. The number of hydrogen-bond donors (Lipinski definition) is 1. The number of rotatable bonds is 5. The van der Waals surface area contributed by atoms with Gasteiger partial charge in [0.15, 0.2) is 0 Å². The fourth-order valence-electron chi connectivity index (χ4n) is 1.55. The third kappa shape index (κ3) is 3.03. The van der Waals surface area contributed by atoms with E-state index < -0.39 is 0 Å². The summed E-state index contributed by atoms with van der Waals surface area (Å²) in [6.07, 6.45) is 2.71. The Labute approximate surface area is 90.1 Å². The highest BCUT2D eigenvalue weighted by Gasteiger charge is 2.27. The van der Waals surface area contributed by atoms with E-state index >= 15 is 0 Å². The highest BCUT2D eigenvalue weighted by Crippen LogP contribution is 2.33. The summed E-state index contributed by atoms with van der Waals surface area (Å²) < 4.78 is 0. The van der Waals surface area contributed by atoms with Crippen LogP contribution in [-0.4, -0.2) is 11.8 Å². The van der Waals surface area contributed by atoms with Crippen LogP contribution in [0, 0.1) is 5.92 Å². The molecule has 1 aromatic rings. The minimum Gasteiger partial charge on any atom is -0.327 e. The van der Waals surface area contributed by atoms with Gasteiger partial charge in [0.1, 0.15) is 0 Å². The van der Waals surface area contributed by atoms with Crippen molar-refractivity contribution in [1.82, 2.24) is 0 Å². The van der Waals surface area contributed by atoms with Crippen molar-refractivity contribution < 1.29 is 0 Å². The molecule has 1 fully saturated rings. The lowest BCUT2D eigenvalue weighted by atomic mass is 10.2. The maximum atomic E-state index is 6.02. The van der Waals surface area contributed by atoms with Crippen molar-refractivity contribution in [1.29, 1.82) is 0 Å². The van der Waals surface area contributed by atoms with Crippen molar-refractivity contribution >= 4 is 11.8 Å². The zero-order chi connectivity index (χ0) is 9.80. The molecule has 14 heavy (non-hydrogen) atoms. The molecular formula is C12H17NS. The maximum absolute atomic E-state index is 6.02. The molecular weight excluding hydrogens is 190 g/mol. The van der Waals surface area contributed by atoms with E-state index in [4.69, 9.17) is 5.73 Å². The van der Waals surface area contributed by atoms with Crippen LogP contribution in [0.1, 0.15) is 18.4 Å². The van der Waals surface area contributed by atoms with Crippen LogP contribution in [0.5, 0.6) is 0 Å². The predicted octanol–water partition coefficient (Wildman–Crippen LogP) is 2.66. The van der Waals surface area contributed by atoms with Crippen molar-refractivity contribution in [3.05, 3.63) is 35.9 Å². The van der Waals surface area contributed by atoms with Gasteiger partial charge in [0, 0.05) is 17.5 Å². The molecule has 76 valence electrons. The van der Waals surface area contributed by atoms with Gasteiger partial charge in [-0.05, 0) is 24.3 Å². The first-order valence-corrected chi connectivity index (χ1v) is 6.39. The van der Waals surface area contributed by atoms with Crippen LogP contribution in [0.15, 0.2) is 30.3 Å². The summed E-state index contributed by atoms with van der Waals surface area (Å²) in [6, 6.07) is 11.0. The van der Waals surface area contributed by atoms with Crippen molar-refractivity contribution in [2.45, 2.75) is 24.6 Å². The topological polar surface area (TPSA) is 26.0 Å². The number of thioether (sulfide) groups is 1. The molecule has 1 aliphatic carbocycles. The molecule has 0 amide bonds. The SMILES string of the molecule is NC(CSCc1ccccc1)C1CC1. The Hall–Kier alpha value is -0.470. The van der Waals surface area contributed by atoms with Gasteiger partial charge >= 0.3 is 0 Å². The van der Waals surface area contributed by atoms with Crippen molar-refractivity contribution in [3.63, 3.8) is 0 Å². The Balaban J connectivity index is 1.67. The smallest absolute Gasteiger partial charge is 0.0185 e. The first-order valence-electron chi connectivity index (χ1n) is 5.23. The Morgan fingerprint density at radius 1 is 1.29 bits per heavy atom. The summed E-state index contributed by atoms with van der Waals surface area (Å²) in [5, 5.41) is 0. The van der Waals surface area contributed by atoms with Crippen molar-refractivity contribution in [2.24, 2.45) is 11.7 Å². The Morgan fingerprint density at radius 3 is 2.64 bits per heavy atom. The molecule has 1 aromatic carbocycles. The van der Waals surface area contributed by atoms with Crippen LogP contribution >= 0.6 is 11.8 Å². The molecule has 0 heterocycles. The normalized spacial score (nSPS) is 18.1. The second-order valence-electron chi connectivity index (χ2n) is 4.00. The van der Waals surface area contributed by atoms with Gasteiger partial charge < -0.3 is 5.73 Å².